The fraction of sp³-hybridized carbons (Fsp3) is 0.147. The Hall–Kier alpha value is -5.02. The molecule has 4 aromatic carbocycles. The fourth-order valence-electron chi connectivity index (χ4n) is 4.11. The zero-order chi connectivity index (χ0) is 30.6. The highest BCUT2D eigenvalue weighted by molar-refractivity contribution is 8.00. The first-order chi connectivity index (χ1) is 20.9. The summed E-state index contributed by atoms with van der Waals surface area (Å²) in [5.74, 6) is 0.201. The van der Waals surface area contributed by atoms with Crippen molar-refractivity contribution in [2.24, 2.45) is 0 Å². The molecule has 0 heterocycles. The number of benzene rings is 4. The number of thioether (sulfide) groups is 1. The maximum absolute atomic E-state index is 13.5. The van der Waals surface area contributed by atoms with Crippen LogP contribution in [-0.4, -0.2) is 37.2 Å². The summed E-state index contributed by atoms with van der Waals surface area (Å²) in [5, 5.41) is 8.21. The highest BCUT2D eigenvalue weighted by atomic mass is 32.2. The van der Waals surface area contributed by atoms with Crippen molar-refractivity contribution in [1.82, 2.24) is 5.32 Å². The average molecular weight is 596 g/mol. The number of anilines is 2. The van der Waals surface area contributed by atoms with Crippen LogP contribution in [0.25, 0.3) is 6.08 Å². The number of ether oxygens (including phenoxy) is 2. The van der Waals surface area contributed by atoms with Crippen LogP contribution < -0.4 is 25.4 Å². The third-order valence-electron chi connectivity index (χ3n) is 6.36. The quantitative estimate of drug-likeness (QED) is 0.126. The summed E-state index contributed by atoms with van der Waals surface area (Å²) >= 11 is 1.40. The molecular weight excluding hydrogens is 562 g/mol. The molecule has 1 unspecified atom stereocenters. The van der Waals surface area contributed by atoms with E-state index >= 15 is 0 Å². The van der Waals surface area contributed by atoms with Crippen molar-refractivity contribution in [2.75, 3.05) is 24.9 Å². The van der Waals surface area contributed by atoms with Crippen LogP contribution in [-0.2, 0) is 9.59 Å². The predicted octanol–water partition coefficient (Wildman–Crippen LogP) is 6.62. The van der Waals surface area contributed by atoms with E-state index in [0.29, 0.717) is 40.4 Å². The molecule has 1 atom stereocenters. The SMILES string of the molecule is CCC(Sc1cccc(NC(=O)/C(=C\c2ccccc2OC)NC(=O)c2ccccc2)c1)C(=O)Nc1ccc(OC)cc1. The zero-order valence-electron chi connectivity index (χ0n) is 24.1. The number of hydrogen-bond acceptors (Lipinski definition) is 6. The fourth-order valence-corrected chi connectivity index (χ4v) is 5.13. The van der Waals surface area contributed by atoms with Crippen LogP contribution in [0, 0.1) is 0 Å². The average Bonchev–Trinajstić information content (AvgIpc) is 3.04. The molecule has 4 aromatic rings. The van der Waals surface area contributed by atoms with Crippen LogP contribution in [0.15, 0.2) is 114 Å². The van der Waals surface area contributed by atoms with Crippen LogP contribution in [0.4, 0.5) is 11.4 Å². The van der Waals surface area contributed by atoms with Gasteiger partial charge in [0.25, 0.3) is 11.8 Å². The molecule has 3 amide bonds. The number of carbonyl (C=O) groups is 3. The Morgan fingerprint density at radius 2 is 1.51 bits per heavy atom. The number of para-hydroxylation sites is 1. The lowest BCUT2D eigenvalue weighted by Crippen LogP contribution is -2.30. The number of rotatable bonds is 12. The normalized spacial score (nSPS) is 11.7. The summed E-state index contributed by atoms with van der Waals surface area (Å²) in [7, 11) is 3.13. The molecule has 0 aliphatic carbocycles. The minimum Gasteiger partial charge on any atom is -0.497 e. The third kappa shape index (κ3) is 8.73. The van der Waals surface area contributed by atoms with Gasteiger partial charge in [-0.2, -0.15) is 0 Å². The van der Waals surface area contributed by atoms with Gasteiger partial charge < -0.3 is 25.4 Å². The van der Waals surface area contributed by atoms with Gasteiger partial charge in [0, 0.05) is 27.4 Å². The van der Waals surface area contributed by atoms with E-state index in [2.05, 4.69) is 16.0 Å². The molecule has 0 aliphatic rings. The molecule has 0 fully saturated rings. The lowest BCUT2D eigenvalue weighted by molar-refractivity contribution is -0.116. The van der Waals surface area contributed by atoms with E-state index in [-0.39, 0.29) is 16.9 Å². The zero-order valence-corrected chi connectivity index (χ0v) is 24.9. The molecule has 4 rings (SSSR count). The van der Waals surface area contributed by atoms with E-state index in [1.54, 1.807) is 99.2 Å². The van der Waals surface area contributed by atoms with Crippen molar-refractivity contribution in [3.05, 3.63) is 120 Å². The Balaban J connectivity index is 1.51. The lowest BCUT2D eigenvalue weighted by Gasteiger charge is -2.16. The van der Waals surface area contributed by atoms with Crippen LogP contribution >= 0.6 is 11.8 Å². The molecule has 0 spiro atoms. The van der Waals surface area contributed by atoms with Crippen molar-refractivity contribution in [3.63, 3.8) is 0 Å². The van der Waals surface area contributed by atoms with Gasteiger partial charge in [-0.3, -0.25) is 14.4 Å². The number of carbonyl (C=O) groups excluding carboxylic acids is 3. The molecule has 3 N–H and O–H groups in total. The minimum atomic E-state index is -0.512. The molecule has 0 aliphatic heterocycles. The van der Waals surface area contributed by atoms with Crippen molar-refractivity contribution >= 4 is 46.9 Å². The maximum atomic E-state index is 13.5. The molecule has 220 valence electrons. The standard InChI is InChI=1S/C34H33N3O5S/c1-4-31(34(40)35-25-17-19-27(41-2)20-18-25)43-28-15-10-14-26(22-28)36-33(39)29(21-24-13-8-9-16-30(24)42-3)37-32(38)23-11-6-5-7-12-23/h5-22,31H,4H2,1-3H3,(H,35,40)(H,36,39)(H,37,38)/b29-21+. The number of amides is 3. The molecule has 8 nitrogen and oxygen atoms in total. The maximum Gasteiger partial charge on any atom is 0.272 e. The van der Waals surface area contributed by atoms with E-state index in [1.807, 2.05) is 31.2 Å². The van der Waals surface area contributed by atoms with E-state index in [4.69, 9.17) is 9.47 Å². The topological polar surface area (TPSA) is 106 Å². The molecule has 0 bridgehead atoms. The first-order valence-corrected chi connectivity index (χ1v) is 14.5. The van der Waals surface area contributed by atoms with E-state index in [1.165, 1.54) is 11.8 Å². The predicted molar refractivity (Wildman–Crippen MR) is 172 cm³/mol. The van der Waals surface area contributed by atoms with Gasteiger partial charge in [-0.05, 0) is 73.2 Å². The second kappa shape index (κ2) is 15.3. The highest BCUT2D eigenvalue weighted by Gasteiger charge is 2.20. The van der Waals surface area contributed by atoms with E-state index in [9.17, 15) is 14.4 Å². The highest BCUT2D eigenvalue weighted by Crippen LogP contribution is 2.29. The molecular formula is C34H33N3O5S. The monoisotopic (exact) mass is 595 g/mol. The summed E-state index contributed by atoms with van der Waals surface area (Å²) in [6.45, 7) is 1.95. The Labute approximate surface area is 255 Å². The largest absolute Gasteiger partial charge is 0.497 e. The van der Waals surface area contributed by atoms with Crippen molar-refractivity contribution < 1.29 is 23.9 Å². The van der Waals surface area contributed by atoms with Crippen LogP contribution in [0.5, 0.6) is 11.5 Å². The minimum absolute atomic E-state index is 0.0433. The Kier molecular flexibility index (Phi) is 11.0. The van der Waals surface area contributed by atoms with Gasteiger partial charge in [0.05, 0.1) is 19.5 Å². The van der Waals surface area contributed by atoms with E-state index in [0.717, 1.165) is 4.90 Å². The molecule has 9 heteroatoms. The lowest BCUT2D eigenvalue weighted by atomic mass is 10.1. The Morgan fingerprint density at radius 1 is 0.791 bits per heavy atom. The number of nitrogens with one attached hydrogen (secondary N) is 3. The number of methoxy groups -OCH3 is 2. The van der Waals surface area contributed by atoms with E-state index < -0.39 is 11.8 Å². The van der Waals surface area contributed by atoms with Crippen LogP contribution in [0.1, 0.15) is 29.3 Å². The molecule has 0 radical (unpaired) electrons. The second-order valence-corrected chi connectivity index (χ2v) is 10.6. The van der Waals surface area contributed by atoms with Crippen LogP contribution in [0.2, 0.25) is 0 Å². The molecule has 0 saturated carbocycles. The van der Waals surface area contributed by atoms with Crippen molar-refractivity contribution in [2.45, 2.75) is 23.5 Å². The third-order valence-corrected chi connectivity index (χ3v) is 7.72. The summed E-state index contributed by atoms with van der Waals surface area (Å²) < 4.78 is 10.6. The first kappa shape index (κ1) is 30.9. The molecule has 43 heavy (non-hydrogen) atoms. The smallest absolute Gasteiger partial charge is 0.272 e. The first-order valence-electron chi connectivity index (χ1n) is 13.6. The Bertz CT molecular complexity index is 1590. The van der Waals surface area contributed by atoms with Gasteiger partial charge in [-0.15, -0.1) is 11.8 Å². The van der Waals surface area contributed by atoms with Gasteiger partial charge in [0.1, 0.15) is 17.2 Å². The second-order valence-electron chi connectivity index (χ2n) is 9.33. The van der Waals surface area contributed by atoms with Gasteiger partial charge in [0.15, 0.2) is 0 Å². The van der Waals surface area contributed by atoms with Gasteiger partial charge >= 0.3 is 0 Å². The molecule has 0 saturated heterocycles. The molecule has 0 aromatic heterocycles. The van der Waals surface area contributed by atoms with Gasteiger partial charge in [-0.1, -0.05) is 49.4 Å². The summed E-state index contributed by atoms with van der Waals surface area (Å²) in [5.41, 5.74) is 2.28. The van der Waals surface area contributed by atoms with Crippen LogP contribution in [0.3, 0.4) is 0 Å². The Morgan fingerprint density at radius 3 is 2.21 bits per heavy atom. The van der Waals surface area contributed by atoms with Gasteiger partial charge in [-0.25, -0.2) is 0 Å². The van der Waals surface area contributed by atoms with Gasteiger partial charge in [0.2, 0.25) is 5.91 Å². The summed E-state index contributed by atoms with van der Waals surface area (Å²) in [6.07, 6.45) is 2.17. The van der Waals surface area contributed by atoms with Crippen molar-refractivity contribution in [1.29, 1.82) is 0 Å². The summed E-state index contributed by atoms with van der Waals surface area (Å²) in [4.78, 5) is 40.3. The number of hydrogen-bond donors (Lipinski definition) is 3. The summed E-state index contributed by atoms with van der Waals surface area (Å²) in [6, 6.07) is 30.2. The van der Waals surface area contributed by atoms with Crippen molar-refractivity contribution in [3.8, 4) is 11.5 Å².